The number of nitrogens with two attached hydrogens (primary N) is 1. The van der Waals surface area contributed by atoms with Gasteiger partial charge >= 0.3 is 0 Å². The van der Waals surface area contributed by atoms with E-state index in [9.17, 15) is 4.79 Å². The number of amides is 1. The number of rotatable bonds is 4. The van der Waals surface area contributed by atoms with E-state index in [1.54, 1.807) is 18.2 Å². The third kappa shape index (κ3) is 4.44. The minimum atomic E-state index is -0.0498. The Morgan fingerprint density at radius 2 is 2.15 bits per heavy atom. The minimum Gasteiger partial charge on any atom is -0.484 e. The molecule has 1 fully saturated rings. The number of carbonyl (C=O) groups excluding carboxylic acids is 1. The molecule has 0 saturated heterocycles. The summed E-state index contributed by atoms with van der Waals surface area (Å²) in [7, 11) is 0. The van der Waals surface area contributed by atoms with Gasteiger partial charge < -0.3 is 15.8 Å². The average Bonchev–Trinajstić information content (AvgIpc) is 2.62. The first-order chi connectivity index (χ1) is 9.65. The molecule has 0 heterocycles. The topological polar surface area (TPSA) is 64.3 Å². The quantitative estimate of drug-likeness (QED) is 0.656. The average molecular weight is 276 g/mol. The molecule has 0 aromatic heterocycles. The molecule has 110 valence electrons. The smallest absolute Gasteiger partial charge is 0.258 e. The van der Waals surface area contributed by atoms with Crippen molar-refractivity contribution in [3.05, 3.63) is 24.3 Å². The van der Waals surface area contributed by atoms with Crippen LogP contribution in [-0.2, 0) is 4.79 Å². The second-order valence-corrected chi connectivity index (χ2v) is 5.65. The Bertz CT molecular complexity index is 448. The second kappa shape index (κ2) is 7.17. The van der Waals surface area contributed by atoms with Crippen molar-refractivity contribution < 1.29 is 9.53 Å². The number of carbonyl (C=O) groups is 1. The summed E-state index contributed by atoms with van der Waals surface area (Å²) >= 11 is 0. The van der Waals surface area contributed by atoms with Crippen LogP contribution in [0.2, 0.25) is 0 Å². The molecule has 1 amide bonds. The van der Waals surface area contributed by atoms with Crippen LogP contribution in [0.15, 0.2) is 24.3 Å². The van der Waals surface area contributed by atoms with E-state index < -0.39 is 0 Å². The van der Waals surface area contributed by atoms with Crippen LogP contribution in [0.5, 0.6) is 5.75 Å². The Kier molecular flexibility index (Phi) is 5.27. The van der Waals surface area contributed by atoms with Gasteiger partial charge in [-0.3, -0.25) is 4.79 Å². The molecule has 0 spiro atoms. The van der Waals surface area contributed by atoms with Gasteiger partial charge in [-0.05, 0) is 30.9 Å². The van der Waals surface area contributed by atoms with E-state index in [2.05, 4.69) is 12.2 Å². The second-order valence-electron chi connectivity index (χ2n) is 5.65. The van der Waals surface area contributed by atoms with E-state index in [0.29, 0.717) is 17.4 Å². The lowest BCUT2D eigenvalue weighted by molar-refractivity contribution is -0.124. The molecule has 1 saturated carbocycles. The summed E-state index contributed by atoms with van der Waals surface area (Å²) in [6.45, 7) is 2.27. The Morgan fingerprint density at radius 3 is 2.95 bits per heavy atom. The van der Waals surface area contributed by atoms with Crippen molar-refractivity contribution in [2.45, 2.75) is 45.1 Å². The third-order valence-electron chi connectivity index (χ3n) is 3.94. The van der Waals surface area contributed by atoms with Gasteiger partial charge in [0.05, 0.1) is 0 Å². The van der Waals surface area contributed by atoms with Gasteiger partial charge in [-0.1, -0.05) is 32.3 Å². The standard InChI is InChI=1S/C16H24N2O2/c1-12-6-3-2-4-9-15(12)18-16(19)11-20-14-8-5-7-13(17)10-14/h5,7-8,10,12,15H,2-4,6,9,11,17H2,1H3,(H,18,19). The zero-order chi connectivity index (χ0) is 14.4. The number of hydrogen-bond donors (Lipinski definition) is 2. The molecule has 1 aromatic rings. The van der Waals surface area contributed by atoms with Crippen molar-refractivity contribution in [3.8, 4) is 5.75 Å². The fourth-order valence-corrected chi connectivity index (χ4v) is 2.71. The predicted octanol–water partition coefficient (Wildman–Crippen LogP) is 2.73. The molecule has 0 bridgehead atoms. The van der Waals surface area contributed by atoms with Gasteiger partial charge in [0, 0.05) is 17.8 Å². The first kappa shape index (κ1) is 14.7. The maximum absolute atomic E-state index is 12.0. The van der Waals surface area contributed by atoms with E-state index in [1.165, 1.54) is 25.7 Å². The monoisotopic (exact) mass is 276 g/mol. The maximum atomic E-state index is 12.0. The summed E-state index contributed by atoms with van der Waals surface area (Å²) in [5, 5.41) is 3.10. The lowest BCUT2D eigenvalue weighted by Crippen LogP contribution is -2.41. The van der Waals surface area contributed by atoms with Crippen LogP contribution in [0.3, 0.4) is 0 Å². The van der Waals surface area contributed by atoms with Crippen LogP contribution in [0.4, 0.5) is 5.69 Å². The molecule has 3 N–H and O–H groups in total. The van der Waals surface area contributed by atoms with Gasteiger partial charge in [-0.25, -0.2) is 0 Å². The first-order valence-electron chi connectivity index (χ1n) is 7.43. The zero-order valence-corrected chi connectivity index (χ0v) is 12.1. The molecule has 1 aliphatic rings. The van der Waals surface area contributed by atoms with Gasteiger partial charge in [0.15, 0.2) is 6.61 Å². The van der Waals surface area contributed by atoms with Crippen LogP contribution in [0, 0.1) is 5.92 Å². The molecule has 20 heavy (non-hydrogen) atoms. The molecule has 2 rings (SSSR count). The van der Waals surface area contributed by atoms with Gasteiger partial charge in [0.25, 0.3) is 5.91 Å². The van der Waals surface area contributed by atoms with Gasteiger partial charge in [-0.15, -0.1) is 0 Å². The molecule has 1 aliphatic carbocycles. The highest BCUT2D eigenvalue weighted by Crippen LogP contribution is 2.23. The van der Waals surface area contributed by atoms with Gasteiger partial charge in [0.2, 0.25) is 0 Å². The summed E-state index contributed by atoms with van der Waals surface area (Å²) in [4.78, 5) is 12.0. The highest BCUT2D eigenvalue weighted by Gasteiger charge is 2.21. The summed E-state index contributed by atoms with van der Waals surface area (Å²) in [6.07, 6.45) is 6.02. The molecule has 1 aromatic carbocycles. The van der Waals surface area contributed by atoms with E-state index >= 15 is 0 Å². The third-order valence-corrected chi connectivity index (χ3v) is 3.94. The lowest BCUT2D eigenvalue weighted by Gasteiger charge is -2.22. The molecule has 2 unspecified atom stereocenters. The summed E-state index contributed by atoms with van der Waals surface area (Å²) in [5.74, 6) is 1.13. The molecule has 0 aliphatic heterocycles. The van der Waals surface area contributed by atoms with Crippen LogP contribution in [0.1, 0.15) is 39.0 Å². The Morgan fingerprint density at radius 1 is 1.35 bits per heavy atom. The highest BCUT2D eigenvalue weighted by molar-refractivity contribution is 5.77. The van der Waals surface area contributed by atoms with E-state index in [0.717, 1.165) is 6.42 Å². The van der Waals surface area contributed by atoms with E-state index in [1.807, 2.05) is 6.07 Å². The van der Waals surface area contributed by atoms with Crippen molar-refractivity contribution in [1.82, 2.24) is 5.32 Å². The van der Waals surface area contributed by atoms with Crippen molar-refractivity contribution in [2.24, 2.45) is 5.92 Å². The lowest BCUT2D eigenvalue weighted by atomic mass is 9.97. The largest absolute Gasteiger partial charge is 0.484 e. The van der Waals surface area contributed by atoms with Crippen LogP contribution >= 0.6 is 0 Å². The van der Waals surface area contributed by atoms with Crippen LogP contribution in [0.25, 0.3) is 0 Å². The minimum absolute atomic E-state index is 0.0483. The van der Waals surface area contributed by atoms with Crippen molar-refractivity contribution >= 4 is 11.6 Å². The Hall–Kier alpha value is -1.71. The van der Waals surface area contributed by atoms with Crippen LogP contribution in [-0.4, -0.2) is 18.6 Å². The van der Waals surface area contributed by atoms with Crippen molar-refractivity contribution in [1.29, 1.82) is 0 Å². The summed E-state index contributed by atoms with van der Waals surface area (Å²) in [5.41, 5.74) is 6.31. The van der Waals surface area contributed by atoms with Crippen molar-refractivity contribution in [2.75, 3.05) is 12.3 Å². The SMILES string of the molecule is CC1CCCCCC1NC(=O)COc1cccc(N)c1. The zero-order valence-electron chi connectivity index (χ0n) is 12.1. The van der Waals surface area contributed by atoms with Crippen LogP contribution < -0.4 is 15.8 Å². The van der Waals surface area contributed by atoms with E-state index in [4.69, 9.17) is 10.5 Å². The first-order valence-corrected chi connectivity index (χ1v) is 7.43. The number of anilines is 1. The van der Waals surface area contributed by atoms with Gasteiger partial charge in [0.1, 0.15) is 5.75 Å². The fraction of sp³-hybridized carbons (Fsp3) is 0.562. The number of hydrogen-bond acceptors (Lipinski definition) is 3. The molecular weight excluding hydrogens is 252 g/mol. The number of nitrogen functional groups attached to an aromatic ring is 1. The molecule has 0 radical (unpaired) electrons. The molecule has 4 nitrogen and oxygen atoms in total. The van der Waals surface area contributed by atoms with Gasteiger partial charge in [-0.2, -0.15) is 0 Å². The normalized spacial score (nSPS) is 22.9. The number of nitrogens with one attached hydrogen (secondary N) is 1. The Balaban J connectivity index is 1.80. The van der Waals surface area contributed by atoms with E-state index in [-0.39, 0.29) is 18.6 Å². The molecular formula is C16H24N2O2. The number of benzene rings is 1. The highest BCUT2D eigenvalue weighted by atomic mass is 16.5. The molecule has 2 atom stereocenters. The van der Waals surface area contributed by atoms with Crippen molar-refractivity contribution in [3.63, 3.8) is 0 Å². The molecule has 4 heteroatoms. The number of ether oxygens (including phenoxy) is 1. The fourth-order valence-electron chi connectivity index (χ4n) is 2.71. The Labute approximate surface area is 120 Å². The summed E-state index contributed by atoms with van der Waals surface area (Å²) < 4.78 is 5.46. The predicted molar refractivity (Wildman–Crippen MR) is 80.5 cm³/mol. The summed E-state index contributed by atoms with van der Waals surface area (Å²) in [6, 6.07) is 7.42. The maximum Gasteiger partial charge on any atom is 0.258 e.